The fourth-order valence-corrected chi connectivity index (χ4v) is 1.60. The van der Waals surface area contributed by atoms with E-state index in [4.69, 9.17) is 22.1 Å². The number of para-hydroxylation sites is 2. The first-order valence-corrected chi connectivity index (χ1v) is 5.39. The highest BCUT2D eigenvalue weighted by Crippen LogP contribution is 2.30. The van der Waals surface area contributed by atoms with Crippen molar-refractivity contribution >= 4 is 28.7 Å². The lowest BCUT2D eigenvalue weighted by molar-refractivity contribution is 0.417. The molecule has 2 rings (SSSR count). The topological polar surface area (TPSA) is 60.2 Å². The Balaban J connectivity index is 2.34. The summed E-state index contributed by atoms with van der Waals surface area (Å²) in [6.07, 6.45) is 1.51. The van der Waals surface area contributed by atoms with Crippen LogP contribution < -0.4 is 15.8 Å². The highest BCUT2D eigenvalue weighted by Gasteiger charge is 2.05. The second-order valence-corrected chi connectivity index (χ2v) is 3.81. The molecule has 0 saturated heterocycles. The summed E-state index contributed by atoms with van der Waals surface area (Å²) in [6, 6.07) is 9.23. The average Bonchev–Trinajstić information content (AvgIpc) is 2.34. The molecule has 0 saturated carbocycles. The standard InChI is InChI=1S/C12H12ClN3O/c1-17-11-5-3-2-4-9(11)16-10-6-12(13)15-7-8(10)14/h2-7H,14H2,1H3,(H,15,16). The number of methoxy groups -OCH3 is 1. The van der Waals surface area contributed by atoms with E-state index in [1.807, 2.05) is 24.3 Å². The molecule has 2 aromatic rings. The molecule has 0 fully saturated rings. The summed E-state index contributed by atoms with van der Waals surface area (Å²) in [4.78, 5) is 3.89. The normalized spacial score (nSPS) is 10.0. The molecule has 0 aliphatic heterocycles. The average molecular weight is 250 g/mol. The number of nitrogens with zero attached hydrogens (tertiary/aromatic N) is 1. The smallest absolute Gasteiger partial charge is 0.142 e. The summed E-state index contributed by atoms with van der Waals surface area (Å²) >= 11 is 5.82. The van der Waals surface area contributed by atoms with Gasteiger partial charge in [0.25, 0.3) is 0 Å². The Hall–Kier alpha value is -1.94. The summed E-state index contributed by atoms with van der Waals surface area (Å²) in [5, 5.41) is 3.54. The second kappa shape index (κ2) is 4.93. The van der Waals surface area contributed by atoms with E-state index in [0.717, 1.165) is 11.4 Å². The van der Waals surface area contributed by atoms with Gasteiger partial charge in [-0.1, -0.05) is 23.7 Å². The van der Waals surface area contributed by atoms with Crippen LogP contribution in [-0.2, 0) is 0 Å². The predicted molar refractivity (Wildman–Crippen MR) is 69.9 cm³/mol. The van der Waals surface area contributed by atoms with Crippen LogP contribution in [0, 0.1) is 0 Å². The zero-order valence-corrected chi connectivity index (χ0v) is 10.0. The molecule has 1 aromatic heterocycles. The van der Waals surface area contributed by atoms with E-state index in [9.17, 15) is 0 Å². The molecule has 1 heterocycles. The summed E-state index contributed by atoms with van der Waals surface area (Å²) in [6.45, 7) is 0. The van der Waals surface area contributed by atoms with Crippen molar-refractivity contribution in [2.45, 2.75) is 0 Å². The van der Waals surface area contributed by atoms with Gasteiger partial charge in [0.2, 0.25) is 0 Å². The zero-order chi connectivity index (χ0) is 12.3. The second-order valence-electron chi connectivity index (χ2n) is 3.42. The Morgan fingerprint density at radius 1 is 1.29 bits per heavy atom. The van der Waals surface area contributed by atoms with Crippen molar-refractivity contribution < 1.29 is 4.74 Å². The molecule has 88 valence electrons. The van der Waals surface area contributed by atoms with Gasteiger partial charge in [-0.25, -0.2) is 4.98 Å². The third-order valence-corrected chi connectivity index (χ3v) is 2.48. The number of hydrogen-bond donors (Lipinski definition) is 2. The van der Waals surface area contributed by atoms with Crippen molar-refractivity contribution in [3.8, 4) is 5.75 Å². The number of nitrogen functional groups attached to an aromatic ring is 1. The van der Waals surface area contributed by atoms with Crippen LogP contribution in [0.25, 0.3) is 0 Å². The Bertz CT molecular complexity index is 531. The molecule has 17 heavy (non-hydrogen) atoms. The molecule has 1 aromatic carbocycles. The number of hydrogen-bond acceptors (Lipinski definition) is 4. The molecular weight excluding hydrogens is 238 g/mol. The number of ether oxygens (including phenoxy) is 1. The van der Waals surface area contributed by atoms with Gasteiger partial charge in [-0.2, -0.15) is 0 Å². The van der Waals surface area contributed by atoms with Crippen molar-refractivity contribution in [1.29, 1.82) is 0 Å². The van der Waals surface area contributed by atoms with Crippen LogP contribution in [0.4, 0.5) is 17.1 Å². The Labute approximate surface area is 104 Å². The van der Waals surface area contributed by atoms with Crippen molar-refractivity contribution in [1.82, 2.24) is 4.98 Å². The van der Waals surface area contributed by atoms with Gasteiger partial charge in [0.05, 0.1) is 30.4 Å². The van der Waals surface area contributed by atoms with Gasteiger partial charge in [-0.05, 0) is 12.1 Å². The molecule has 0 aliphatic rings. The van der Waals surface area contributed by atoms with Crippen molar-refractivity contribution in [3.63, 3.8) is 0 Å². The Morgan fingerprint density at radius 2 is 2.06 bits per heavy atom. The van der Waals surface area contributed by atoms with E-state index in [0.29, 0.717) is 16.5 Å². The minimum Gasteiger partial charge on any atom is -0.495 e. The van der Waals surface area contributed by atoms with Gasteiger partial charge in [0, 0.05) is 6.07 Å². The maximum atomic E-state index is 5.82. The lowest BCUT2D eigenvalue weighted by Crippen LogP contribution is -1.99. The third kappa shape index (κ3) is 2.60. The molecule has 5 heteroatoms. The number of halogens is 1. The van der Waals surface area contributed by atoms with E-state index in [2.05, 4.69) is 10.3 Å². The van der Waals surface area contributed by atoms with E-state index < -0.39 is 0 Å². The van der Waals surface area contributed by atoms with Crippen LogP contribution in [0.2, 0.25) is 5.15 Å². The summed E-state index contributed by atoms with van der Waals surface area (Å²) < 4.78 is 5.24. The summed E-state index contributed by atoms with van der Waals surface area (Å²) in [5.74, 6) is 0.736. The number of rotatable bonds is 3. The third-order valence-electron chi connectivity index (χ3n) is 2.28. The van der Waals surface area contributed by atoms with E-state index in [-0.39, 0.29) is 0 Å². The molecule has 0 bridgehead atoms. The first kappa shape index (κ1) is 11.5. The minimum atomic E-state index is 0.386. The lowest BCUT2D eigenvalue weighted by atomic mass is 10.2. The SMILES string of the molecule is COc1ccccc1Nc1cc(Cl)ncc1N. The van der Waals surface area contributed by atoms with E-state index in [1.165, 1.54) is 6.20 Å². The van der Waals surface area contributed by atoms with Crippen molar-refractivity contribution in [2.24, 2.45) is 0 Å². The number of anilines is 3. The fraction of sp³-hybridized carbons (Fsp3) is 0.0833. The Kier molecular flexibility index (Phi) is 3.35. The zero-order valence-electron chi connectivity index (χ0n) is 9.27. The van der Waals surface area contributed by atoms with E-state index >= 15 is 0 Å². The first-order chi connectivity index (χ1) is 8.20. The molecule has 0 amide bonds. The number of aromatic nitrogens is 1. The molecular formula is C12H12ClN3O. The molecule has 3 N–H and O–H groups in total. The molecule has 4 nitrogen and oxygen atoms in total. The van der Waals surface area contributed by atoms with Gasteiger partial charge < -0.3 is 15.8 Å². The number of nitrogens with one attached hydrogen (secondary N) is 1. The van der Waals surface area contributed by atoms with Crippen molar-refractivity contribution in [3.05, 3.63) is 41.7 Å². The first-order valence-electron chi connectivity index (χ1n) is 5.02. The van der Waals surface area contributed by atoms with Crippen LogP contribution in [0.15, 0.2) is 36.5 Å². The molecule has 0 atom stereocenters. The molecule has 0 spiro atoms. The van der Waals surface area contributed by atoms with Gasteiger partial charge in [-0.3, -0.25) is 0 Å². The van der Waals surface area contributed by atoms with Crippen molar-refractivity contribution in [2.75, 3.05) is 18.2 Å². The molecule has 0 radical (unpaired) electrons. The van der Waals surface area contributed by atoms with Gasteiger partial charge in [-0.15, -0.1) is 0 Å². The Morgan fingerprint density at radius 3 is 2.82 bits per heavy atom. The predicted octanol–water partition coefficient (Wildman–Crippen LogP) is 3.07. The highest BCUT2D eigenvalue weighted by molar-refractivity contribution is 6.29. The van der Waals surface area contributed by atoms with Crippen LogP contribution in [0.3, 0.4) is 0 Å². The van der Waals surface area contributed by atoms with Gasteiger partial charge in [0.15, 0.2) is 0 Å². The number of pyridine rings is 1. The lowest BCUT2D eigenvalue weighted by Gasteiger charge is -2.12. The van der Waals surface area contributed by atoms with Gasteiger partial charge >= 0.3 is 0 Å². The van der Waals surface area contributed by atoms with Crippen LogP contribution in [0.1, 0.15) is 0 Å². The minimum absolute atomic E-state index is 0.386. The number of nitrogens with two attached hydrogens (primary N) is 1. The quantitative estimate of drug-likeness (QED) is 0.821. The maximum Gasteiger partial charge on any atom is 0.142 e. The van der Waals surface area contributed by atoms with Crippen LogP contribution >= 0.6 is 11.6 Å². The van der Waals surface area contributed by atoms with Crippen LogP contribution in [-0.4, -0.2) is 12.1 Å². The molecule has 0 aliphatic carbocycles. The highest BCUT2D eigenvalue weighted by atomic mass is 35.5. The maximum absolute atomic E-state index is 5.82. The van der Waals surface area contributed by atoms with E-state index in [1.54, 1.807) is 13.2 Å². The van der Waals surface area contributed by atoms with Crippen LogP contribution in [0.5, 0.6) is 5.75 Å². The summed E-state index contributed by atoms with van der Waals surface area (Å²) in [7, 11) is 1.61. The molecule has 0 unspecified atom stereocenters. The summed E-state index contributed by atoms with van der Waals surface area (Å²) in [5.41, 5.74) is 7.86. The monoisotopic (exact) mass is 249 g/mol. The largest absolute Gasteiger partial charge is 0.495 e. The van der Waals surface area contributed by atoms with Gasteiger partial charge in [0.1, 0.15) is 10.9 Å². The number of benzene rings is 1. The fourth-order valence-electron chi connectivity index (χ4n) is 1.44.